The third-order valence-corrected chi connectivity index (χ3v) is 6.15. The largest absolute Gasteiger partial charge is 0.0873 e. The molecule has 0 fully saturated rings. The number of hydrogen-bond donors (Lipinski definition) is 0. The average molecular weight is 365 g/mol. The highest BCUT2D eigenvalue weighted by molar-refractivity contribution is 5.95. The second-order valence-corrected chi connectivity index (χ2v) is 7.38. The van der Waals surface area contributed by atoms with E-state index in [2.05, 4.69) is 99.7 Å². The Morgan fingerprint density at radius 3 is 1.93 bits per heavy atom. The molecule has 140 valence electrons. The predicted octanol–water partition coefficient (Wildman–Crippen LogP) is 7.70. The highest BCUT2D eigenvalue weighted by Crippen LogP contribution is 2.62. The molecule has 1 unspecified atom stereocenters. The maximum atomic E-state index is 2.33. The molecule has 0 aromatic heterocycles. The van der Waals surface area contributed by atoms with E-state index in [4.69, 9.17) is 0 Å². The first-order valence-corrected chi connectivity index (χ1v) is 10.3. The maximum Gasteiger partial charge on any atom is 0.0722 e. The molecule has 3 aromatic carbocycles. The van der Waals surface area contributed by atoms with E-state index in [9.17, 15) is 0 Å². The van der Waals surface area contributed by atoms with Crippen molar-refractivity contribution in [1.82, 2.24) is 0 Å². The zero-order valence-corrected chi connectivity index (χ0v) is 17.5. The highest BCUT2D eigenvalue weighted by Gasteiger charge is 2.51. The summed E-state index contributed by atoms with van der Waals surface area (Å²) in [7, 11) is 0. The van der Waals surface area contributed by atoms with Crippen molar-refractivity contribution < 1.29 is 0 Å². The summed E-state index contributed by atoms with van der Waals surface area (Å²) >= 11 is 0. The van der Waals surface area contributed by atoms with Crippen LogP contribution in [0.4, 0.5) is 0 Å². The van der Waals surface area contributed by atoms with Crippen molar-refractivity contribution >= 4 is 5.57 Å². The van der Waals surface area contributed by atoms with Crippen molar-refractivity contribution in [2.75, 3.05) is 0 Å². The van der Waals surface area contributed by atoms with Crippen LogP contribution in [0.3, 0.4) is 0 Å². The minimum atomic E-state index is -0.189. The number of allylic oxidation sites excluding steroid dienone is 4. The Kier molecular flexibility index (Phi) is 4.59. The summed E-state index contributed by atoms with van der Waals surface area (Å²) in [5, 5.41) is 0. The molecule has 0 aliphatic heterocycles. The van der Waals surface area contributed by atoms with Gasteiger partial charge in [0.1, 0.15) is 0 Å². The lowest BCUT2D eigenvalue weighted by molar-refractivity contribution is 0.785. The Morgan fingerprint density at radius 2 is 1.25 bits per heavy atom. The second kappa shape index (κ2) is 6.95. The molecule has 3 aromatic rings. The van der Waals surface area contributed by atoms with Crippen LogP contribution < -0.4 is 0 Å². The minimum Gasteiger partial charge on any atom is -0.0873 e. The molecule has 0 bridgehead atoms. The quantitative estimate of drug-likeness (QED) is 0.415. The molecule has 2 aliphatic rings. The first-order chi connectivity index (χ1) is 13.7. The molecular formula is C28H28. The summed E-state index contributed by atoms with van der Waals surface area (Å²) < 4.78 is 0. The van der Waals surface area contributed by atoms with Crippen LogP contribution in [0.2, 0.25) is 0 Å². The van der Waals surface area contributed by atoms with Gasteiger partial charge in [-0.1, -0.05) is 92.7 Å². The van der Waals surface area contributed by atoms with Gasteiger partial charge in [0.2, 0.25) is 0 Å². The molecule has 0 N–H and O–H groups in total. The normalized spacial score (nSPS) is 18.8. The molecular weight excluding hydrogens is 336 g/mol. The van der Waals surface area contributed by atoms with Gasteiger partial charge in [0.25, 0.3) is 0 Å². The van der Waals surface area contributed by atoms with Crippen molar-refractivity contribution in [2.24, 2.45) is 0 Å². The monoisotopic (exact) mass is 364 g/mol. The van der Waals surface area contributed by atoms with Crippen LogP contribution in [0.25, 0.3) is 16.7 Å². The highest BCUT2D eigenvalue weighted by atomic mass is 14.5. The summed E-state index contributed by atoms with van der Waals surface area (Å²) in [6.07, 6.45) is 4.51. The zero-order valence-electron chi connectivity index (χ0n) is 17.5. The smallest absolute Gasteiger partial charge is 0.0722 e. The SMILES string of the molecule is C/C=C\C1=C(C)c2ccccc2C12c1ccccc1-c1c(C)cccc12.CC. The summed E-state index contributed by atoms with van der Waals surface area (Å²) in [4.78, 5) is 0. The van der Waals surface area contributed by atoms with Gasteiger partial charge in [-0.3, -0.25) is 0 Å². The average Bonchev–Trinajstić information content (AvgIpc) is 3.18. The van der Waals surface area contributed by atoms with Gasteiger partial charge in [0.15, 0.2) is 0 Å². The minimum absolute atomic E-state index is 0.189. The van der Waals surface area contributed by atoms with Gasteiger partial charge in [-0.05, 0) is 70.9 Å². The standard InChI is InChI=1S/C26H22.C2H6/c1-4-10-21-18(3)19-12-5-7-14-22(19)26(21)23-15-8-6-13-20(23)25-17(2)11-9-16-24(25)26;1-2/h4-16H,1-3H3;1-2H3/b10-4-;. The second-order valence-electron chi connectivity index (χ2n) is 7.38. The van der Waals surface area contributed by atoms with E-state index in [0.717, 1.165) is 0 Å². The Hall–Kier alpha value is -2.86. The molecule has 0 heteroatoms. The molecule has 5 rings (SSSR count). The van der Waals surface area contributed by atoms with Crippen LogP contribution in [-0.2, 0) is 5.41 Å². The van der Waals surface area contributed by atoms with Gasteiger partial charge in [-0.2, -0.15) is 0 Å². The molecule has 1 atom stereocenters. The first-order valence-electron chi connectivity index (χ1n) is 10.3. The number of aryl methyl sites for hydroxylation is 1. The van der Waals surface area contributed by atoms with Gasteiger partial charge in [-0.15, -0.1) is 0 Å². The summed E-state index contributed by atoms with van der Waals surface area (Å²) in [6.45, 7) is 10.6. The lowest BCUT2D eigenvalue weighted by atomic mass is 9.69. The summed E-state index contributed by atoms with van der Waals surface area (Å²) in [5.74, 6) is 0. The van der Waals surface area contributed by atoms with Gasteiger partial charge in [-0.25, -0.2) is 0 Å². The van der Waals surface area contributed by atoms with Crippen LogP contribution in [0.1, 0.15) is 55.5 Å². The molecule has 0 heterocycles. The van der Waals surface area contributed by atoms with E-state index in [1.165, 1.54) is 50.1 Å². The number of benzene rings is 3. The molecule has 0 nitrogen and oxygen atoms in total. The van der Waals surface area contributed by atoms with E-state index in [1.54, 1.807) is 0 Å². The fourth-order valence-corrected chi connectivity index (χ4v) is 5.22. The lowest BCUT2D eigenvalue weighted by Gasteiger charge is -2.31. The van der Waals surface area contributed by atoms with Crippen LogP contribution >= 0.6 is 0 Å². The van der Waals surface area contributed by atoms with Crippen LogP contribution in [-0.4, -0.2) is 0 Å². The Labute approximate surface area is 169 Å². The Balaban J connectivity index is 0.000000932. The van der Waals surface area contributed by atoms with Crippen LogP contribution in [0.5, 0.6) is 0 Å². The van der Waals surface area contributed by atoms with E-state index >= 15 is 0 Å². The van der Waals surface area contributed by atoms with E-state index in [0.29, 0.717) is 0 Å². The van der Waals surface area contributed by atoms with Crippen molar-refractivity contribution in [2.45, 2.75) is 40.0 Å². The number of rotatable bonds is 1. The Bertz CT molecular complexity index is 1110. The fourth-order valence-electron chi connectivity index (χ4n) is 5.22. The summed E-state index contributed by atoms with van der Waals surface area (Å²) in [6, 6.07) is 24.7. The van der Waals surface area contributed by atoms with Crippen molar-refractivity contribution in [3.05, 3.63) is 112 Å². The van der Waals surface area contributed by atoms with Crippen LogP contribution in [0.15, 0.2) is 84.5 Å². The van der Waals surface area contributed by atoms with Crippen molar-refractivity contribution in [3.8, 4) is 11.1 Å². The first kappa shape index (κ1) is 18.5. The summed E-state index contributed by atoms with van der Waals surface area (Å²) in [5.41, 5.74) is 12.4. The van der Waals surface area contributed by atoms with Crippen molar-refractivity contribution in [3.63, 3.8) is 0 Å². The molecule has 0 radical (unpaired) electrons. The zero-order chi connectivity index (χ0) is 19.9. The van der Waals surface area contributed by atoms with E-state index in [1.807, 2.05) is 13.8 Å². The van der Waals surface area contributed by atoms with Gasteiger partial charge >= 0.3 is 0 Å². The maximum absolute atomic E-state index is 2.33. The van der Waals surface area contributed by atoms with Gasteiger partial charge in [0.05, 0.1) is 5.41 Å². The lowest BCUT2D eigenvalue weighted by Crippen LogP contribution is -2.26. The molecule has 2 aliphatic carbocycles. The molecule has 0 amide bonds. The van der Waals surface area contributed by atoms with E-state index in [-0.39, 0.29) is 5.41 Å². The molecule has 0 saturated carbocycles. The molecule has 28 heavy (non-hydrogen) atoms. The van der Waals surface area contributed by atoms with Gasteiger partial charge in [0, 0.05) is 0 Å². The topological polar surface area (TPSA) is 0 Å². The number of fused-ring (bicyclic) bond motifs is 7. The fraction of sp³-hybridized carbons (Fsp3) is 0.214. The predicted molar refractivity (Wildman–Crippen MR) is 122 cm³/mol. The Morgan fingerprint density at radius 1 is 0.679 bits per heavy atom. The third-order valence-electron chi connectivity index (χ3n) is 6.15. The van der Waals surface area contributed by atoms with Crippen molar-refractivity contribution in [1.29, 1.82) is 0 Å². The third kappa shape index (κ3) is 2.18. The number of hydrogen-bond acceptors (Lipinski definition) is 0. The van der Waals surface area contributed by atoms with E-state index < -0.39 is 0 Å². The molecule has 0 saturated heterocycles. The molecule has 1 spiro atoms. The van der Waals surface area contributed by atoms with Gasteiger partial charge < -0.3 is 0 Å². The van der Waals surface area contributed by atoms with Crippen LogP contribution in [0, 0.1) is 6.92 Å².